The van der Waals surface area contributed by atoms with Crippen molar-refractivity contribution in [1.29, 1.82) is 0 Å². The second-order valence-corrected chi connectivity index (χ2v) is 7.87. The molecule has 3 aromatic rings. The summed E-state index contributed by atoms with van der Waals surface area (Å²) < 4.78 is 5.37. The van der Waals surface area contributed by atoms with Gasteiger partial charge in [0.25, 0.3) is 5.56 Å². The van der Waals surface area contributed by atoms with Crippen LogP contribution in [0.2, 0.25) is 0 Å². The van der Waals surface area contributed by atoms with Crippen LogP contribution in [0.5, 0.6) is 5.88 Å². The number of aryl methyl sites for hydroxylation is 1. The van der Waals surface area contributed by atoms with Gasteiger partial charge in [-0.2, -0.15) is 0 Å². The van der Waals surface area contributed by atoms with E-state index in [2.05, 4.69) is 15.0 Å². The Bertz CT molecular complexity index is 1120. The predicted octanol–water partition coefficient (Wildman–Crippen LogP) is 3.26. The molecule has 0 unspecified atom stereocenters. The van der Waals surface area contributed by atoms with Crippen LogP contribution in [0.15, 0.2) is 47.4 Å². The summed E-state index contributed by atoms with van der Waals surface area (Å²) in [5.74, 6) is 0.621. The van der Waals surface area contributed by atoms with Gasteiger partial charge < -0.3 is 15.5 Å². The van der Waals surface area contributed by atoms with Crippen LogP contribution in [0.3, 0.4) is 0 Å². The molecule has 2 aromatic heterocycles. The van der Waals surface area contributed by atoms with E-state index in [0.717, 1.165) is 22.3 Å². The van der Waals surface area contributed by atoms with Gasteiger partial charge in [-0.1, -0.05) is 26.0 Å². The van der Waals surface area contributed by atoms with E-state index in [-0.39, 0.29) is 11.5 Å². The monoisotopic (exact) mass is 406 g/mol. The number of H-pyrrole nitrogens is 1. The molecule has 2 heterocycles. The van der Waals surface area contributed by atoms with Crippen LogP contribution in [-0.2, 0) is 11.2 Å². The average Bonchev–Trinajstić information content (AvgIpc) is 2.69. The van der Waals surface area contributed by atoms with Crippen molar-refractivity contribution in [3.05, 3.63) is 64.1 Å². The Labute approximate surface area is 175 Å². The Morgan fingerprint density at radius 2 is 1.97 bits per heavy atom. The van der Waals surface area contributed by atoms with Crippen molar-refractivity contribution in [3.63, 3.8) is 0 Å². The molecule has 7 nitrogen and oxygen atoms in total. The Balaban J connectivity index is 2.01. The number of aromatic nitrogens is 3. The first-order valence-corrected chi connectivity index (χ1v) is 9.80. The van der Waals surface area contributed by atoms with Gasteiger partial charge in [0.05, 0.1) is 12.3 Å². The largest absolute Gasteiger partial charge is 0.478 e. The van der Waals surface area contributed by atoms with E-state index in [1.165, 1.54) is 6.07 Å². The molecule has 3 N–H and O–H groups in total. The normalized spacial score (nSPS) is 11.3. The topological polar surface area (TPSA) is 111 Å². The number of carbonyl (C=O) groups is 1. The number of hydrogen-bond donors (Lipinski definition) is 2. The number of amides is 1. The number of benzene rings is 1. The molecule has 0 saturated carbocycles. The average molecular weight is 406 g/mol. The fourth-order valence-corrected chi connectivity index (χ4v) is 3.13. The molecule has 156 valence electrons. The summed E-state index contributed by atoms with van der Waals surface area (Å²) in [5.41, 5.74) is 8.51. The van der Waals surface area contributed by atoms with Crippen LogP contribution in [0, 0.1) is 12.3 Å². The molecule has 1 aromatic carbocycles. The smallest absolute Gasteiger partial charge is 0.251 e. The van der Waals surface area contributed by atoms with Gasteiger partial charge >= 0.3 is 0 Å². The fourth-order valence-electron chi connectivity index (χ4n) is 3.13. The number of primary amides is 1. The highest BCUT2D eigenvalue weighted by atomic mass is 16.5. The van der Waals surface area contributed by atoms with E-state index in [1.807, 2.05) is 52.0 Å². The number of nitrogens with two attached hydrogens (primary N) is 1. The lowest BCUT2D eigenvalue weighted by Crippen LogP contribution is -2.33. The molecule has 0 radical (unpaired) electrons. The Morgan fingerprint density at radius 1 is 1.20 bits per heavy atom. The van der Waals surface area contributed by atoms with Gasteiger partial charge in [-0.3, -0.25) is 9.59 Å². The maximum Gasteiger partial charge on any atom is 0.251 e. The number of pyridine rings is 1. The van der Waals surface area contributed by atoms with Gasteiger partial charge in [-0.15, -0.1) is 0 Å². The van der Waals surface area contributed by atoms with E-state index in [1.54, 1.807) is 12.3 Å². The van der Waals surface area contributed by atoms with Gasteiger partial charge in [-0.05, 0) is 43.5 Å². The lowest BCUT2D eigenvalue weighted by molar-refractivity contribution is -0.125. The molecule has 0 spiro atoms. The van der Waals surface area contributed by atoms with Crippen molar-refractivity contribution in [2.45, 2.75) is 34.1 Å². The van der Waals surface area contributed by atoms with Gasteiger partial charge in [-0.25, -0.2) is 9.97 Å². The van der Waals surface area contributed by atoms with Gasteiger partial charge in [0.1, 0.15) is 5.82 Å². The number of rotatable bonds is 7. The molecular formula is C23H26N4O3. The molecule has 0 bridgehead atoms. The van der Waals surface area contributed by atoms with Crippen molar-refractivity contribution in [2.24, 2.45) is 11.1 Å². The highest BCUT2D eigenvalue weighted by Crippen LogP contribution is 2.27. The summed E-state index contributed by atoms with van der Waals surface area (Å²) in [7, 11) is 0. The first-order chi connectivity index (χ1) is 14.2. The summed E-state index contributed by atoms with van der Waals surface area (Å²) in [6.07, 6.45) is 2.12. The van der Waals surface area contributed by atoms with Crippen molar-refractivity contribution >= 4 is 5.91 Å². The number of nitrogens with one attached hydrogen (secondary N) is 1. The molecule has 0 aliphatic rings. The summed E-state index contributed by atoms with van der Waals surface area (Å²) in [6, 6.07) is 10.9. The number of nitrogens with zero attached hydrogens (tertiary/aromatic N) is 2. The highest BCUT2D eigenvalue weighted by molar-refractivity contribution is 5.80. The Hall–Kier alpha value is -3.48. The minimum Gasteiger partial charge on any atom is -0.478 e. The molecule has 30 heavy (non-hydrogen) atoms. The predicted molar refractivity (Wildman–Crippen MR) is 116 cm³/mol. The third-order valence-corrected chi connectivity index (χ3v) is 4.94. The number of ether oxygens (including phenoxy) is 1. The van der Waals surface area contributed by atoms with Crippen LogP contribution in [0.4, 0.5) is 0 Å². The summed E-state index contributed by atoms with van der Waals surface area (Å²) >= 11 is 0. The lowest BCUT2D eigenvalue weighted by Gasteiger charge is -2.21. The molecular weight excluding hydrogens is 380 g/mol. The first kappa shape index (κ1) is 21.2. The second kappa shape index (κ2) is 8.49. The van der Waals surface area contributed by atoms with Crippen LogP contribution in [0.1, 0.15) is 31.9 Å². The molecule has 0 saturated heterocycles. The SMILES string of the molecule is CCOc1ccc(-c2cc(=O)[nH]c(-c3cc(CC(C)(C)C(N)=O)ccc3C)n2)cn1. The molecule has 1 amide bonds. The van der Waals surface area contributed by atoms with Gasteiger partial charge in [0.15, 0.2) is 0 Å². The minimum absolute atomic E-state index is 0.258. The van der Waals surface area contributed by atoms with E-state index in [4.69, 9.17) is 10.5 Å². The van der Waals surface area contributed by atoms with E-state index >= 15 is 0 Å². The third-order valence-electron chi connectivity index (χ3n) is 4.94. The van der Waals surface area contributed by atoms with Crippen LogP contribution >= 0.6 is 0 Å². The highest BCUT2D eigenvalue weighted by Gasteiger charge is 2.25. The quantitative estimate of drug-likeness (QED) is 0.626. The van der Waals surface area contributed by atoms with Gasteiger partial charge in [0.2, 0.25) is 11.8 Å². The van der Waals surface area contributed by atoms with Crippen molar-refractivity contribution in [2.75, 3.05) is 6.61 Å². The number of hydrogen-bond acceptors (Lipinski definition) is 5. The minimum atomic E-state index is -0.677. The second-order valence-electron chi connectivity index (χ2n) is 7.87. The summed E-state index contributed by atoms with van der Waals surface area (Å²) in [6.45, 7) is 8.00. The molecule has 0 aliphatic heterocycles. The zero-order chi connectivity index (χ0) is 21.9. The molecule has 0 atom stereocenters. The zero-order valence-corrected chi connectivity index (χ0v) is 17.7. The summed E-state index contributed by atoms with van der Waals surface area (Å²) in [5, 5.41) is 0. The van der Waals surface area contributed by atoms with E-state index in [0.29, 0.717) is 30.4 Å². The third kappa shape index (κ3) is 4.74. The molecule has 0 aliphatic carbocycles. The van der Waals surface area contributed by atoms with Gasteiger partial charge in [0, 0.05) is 34.9 Å². The number of carbonyl (C=O) groups excluding carboxylic acids is 1. The lowest BCUT2D eigenvalue weighted by atomic mass is 9.84. The van der Waals surface area contributed by atoms with Crippen LogP contribution in [-0.4, -0.2) is 27.5 Å². The van der Waals surface area contributed by atoms with Crippen LogP contribution < -0.4 is 16.0 Å². The molecule has 7 heteroatoms. The zero-order valence-electron chi connectivity index (χ0n) is 17.7. The van der Waals surface area contributed by atoms with Crippen LogP contribution in [0.25, 0.3) is 22.6 Å². The van der Waals surface area contributed by atoms with E-state index < -0.39 is 5.41 Å². The van der Waals surface area contributed by atoms with Crippen molar-refractivity contribution in [3.8, 4) is 28.5 Å². The van der Waals surface area contributed by atoms with Crippen molar-refractivity contribution in [1.82, 2.24) is 15.0 Å². The Morgan fingerprint density at radius 3 is 2.60 bits per heavy atom. The molecule has 0 fully saturated rings. The first-order valence-electron chi connectivity index (χ1n) is 9.80. The van der Waals surface area contributed by atoms with E-state index in [9.17, 15) is 9.59 Å². The standard InChI is InChI=1S/C23H26N4O3/c1-5-30-20-9-8-16(13-25-20)18-11-19(28)27-21(26-18)17-10-15(7-6-14(17)2)12-23(3,4)22(24)29/h6-11,13H,5,12H2,1-4H3,(H2,24,29)(H,26,27,28). The summed E-state index contributed by atoms with van der Waals surface area (Å²) in [4.78, 5) is 35.8. The maximum atomic E-state index is 12.3. The van der Waals surface area contributed by atoms with Crippen molar-refractivity contribution < 1.29 is 9.53 Å². The maximum absolute atomic E-state index is 12.3. The fraction of sp³-hybridized carbons (Fsp3) is 0.304. The number of aromatic amines is 1. The molecule has 3 rings (SSSR count). The Kier molecular flexibility index (Phi) is 6.01.